The van der Waals surface area contributed by atoms with Crippen molar-refractivity contribution >= 4 is 0 Å². The van der Waals surface area contributed by atoms with Gasteiger partial charge in [-0.3, -0.25) is 0 Å². The minimum absolute atomic E-state index is 0.0450. The summed E-state index contributed by atoms with van der Waals surface area (Å²) in [7, 11) is 3.92. The topological polar surface area (TPSA) is 21.3 Å². The maximum Gasteiger partial charge on any atom is 0.0622 e. The molecule has 2 nitrogen and oxygen atoms in total. The lowest BCUT2D eigenvalue weighted by Gasteiger charge is -2.37. The van der Waals surface area contributed by atoms with Crippen molar-refractivity contribution in [2.24, 2.45) is 17.8 Å². The second-order valence-corrected chi connectivity index (χ2v) is 6.67. The molecular formula is C16H33NO. The molecule has 2 heteroatoms. The van der Waals surface area contributed by atoms with E-state index in [0.29, 0.717) is 0 Å². The molecule has 0 spiro atoms. The average molecular weight is 255 g/mol. The molecule has 1 N–H and O–H groups in total. The van der Waals surface area contributed by atoms with E-state index < -0.39 is 0 Å². The van der Waals surface area contributed by atoms with Gasteiger partial charge in [-0.05, 0) is 70.9 Å². The molecule has 0 aliphatic heterocycles. The largest absolute Gasteiger partial charge is 0.379 e. The Labute approximate surface area is 114 Å². The Balaban J connectivity index is 2.50. The lowest BCUT2D eigenvalue weighted by atomic mass is 9.70. The van der Waals surface area contributed by atoms with E-state index in [1.165, 1.54) is 45.1 Å². The highest BCUT2D eigenvalue weighted by atomic mass is 16.5. The smallest absolute Gasteiger partial charge is 0.0622 e. The monoisotopic (exact) mass is 255 g/mol. The van der Waals surface area contributed by atoms with E-state index in [9.17, 15) is 0 Å². The highest BCUT2D eigenvalue weighted by molar-refractivity contribution is 4.82. The van der Waals surface area contributed by atoms with Crippen LogP contribution in [-0.2, 0) is 4.74 Å². The van der Waals surface area contributed by atoms with Crippen molar-refractivity contribution in [1.29, 1.82) is 0 Å². The molecule has 0 heterocycles. The summed E-state index contributed by atoms with van der Waals surface area (Å²) in [5.41, 5.74) is 0.0450. The molecule has 3 atom stereocenters. The van der Waals surface area contributed by atoms with Crippen molar-refractivity contribution < 1.29 is 4.74 Å². The van der Waals surface area contributed by atoms with Gasteiger partial charge in [0.15, 0.2) is 0 Å². The van der Waals surface area contributed by atoms with E-state index in [1.807, 2.05) is 7.11 Å². The molecule has 1 saturated carbocycles. The van der Waals surface area contributed by atoms with Gasteiger partial charge in [-0.15, -0.1) is 0 Å². The molecule has 0 aromatic rings. The van der Waals surface area contributed by atoms with Crippen LogP contribution in [0.4, 0.5) is 0 Å². The Morgan fingerprint density at radius 3 is 2.50 bits per heavy atom. The molecule has 0 bridgehead atoms. The van der Waals surface area contributed by atoms with Gasteiger partial charge < -0.3 is 10.1 Å². The number of ether oxygens (including phenoxy) is 1. The first-order valence-electron chi connectivity index (χ1n) is 7.72. The Kier molecular flexibility index (Phi) is 6.65. The van der Waals surface area contributed by atoms with E-state index >= 15 is 0 Å². The first kappa shape index (κ1) is 16.0. The number of rotatable bonds is 7. The Hall–Kier alpha value is -0.0800. The maximum atomic E-state index is 5.56. The number of hydrogen-bond acceptors (Lipinski definition) is 2. The van der Waals surface area contributed by atoms with E-state index in [2.05, 4.69) is 33.1 Å². The van der Waals surface area contributed by atoms with Crippen LogP contribution < -0.4 is 5.32 Å². The Morgan fingerprint density at radius 1 is 1.22 bits per heavy atom. The van der Waals surface area contributed by atoms with Crippen molar-refractivity contribution in [3.63, 3.8) is 0 Å². The molecule has 1 rings (SSSR count). The molecule has 18 heavy (non-hydrogen) atoms. The average Bonchev–Trinajstić information content (AvgIpc) is 2.38. The lowest BCUT2D eigenvalue weighted by molar-refractivity contribution is 0.00449. The van der Waals surface area contributed by atoms with Gasteiger partial charge in [-0.1, -0.05) is 19.8 Å². The van der Waals surface area contributed by atoms with E-state index in [1.54, 1.807) is 0 Å². The predicted octanol–water partition coefficient (Wildman–Crippen LogP) is 3.85. The summed E-state index contributed by atoms with van der Waals surface area (Å²) in [5.74, 6) is 2.74. The second-order valence-electron chi connectivity index (χ2n) is 6.67. The zero-order chi connectivity index (χ0) is 13.6. The molecule has 0 radical (unpaired) electrons. The summed E-state index contributed by atoms with van der Waals surface area (Å²) >= 11 is 0. The Bertz CT molecular complexity index is 227. The molecule has 0 aromatic heterocycles. The molecule has 0 aromatic carbocycles. The first-order chi connectivity index (χ1) is 8.52. The highest BCUT2D eigenvalue weighted by Crippen LogP contribution is 2.38. The van der Waals surface area contributed by atoms with Gasteiger partial charge in [0.1, 0.15) is 0 Å². The van der Waals surface area contributed by atoms with Crippen LogP contribution in [0.1, 0.15) is 59.3 Å². The van der Waals surface area contributed by atoms with Crippen LogP contribution >= 0.6 is 0 Å². The van der Waals surface area contributed by atoms with Crippen molar-refractivity contribution in [2.75, 3.05) is 20.7 Å². The fourth-order valence-corrected chi connectivity index (χ4v) is 3.31. The van der Waals surface area contributed by atoms with Gasteiger partial charge in [-0.25, -0.2) is 0 Å². The van der Waals surface area contributed by atoms with Crippen LogP contribution in [0.5, 0.6) is 0 Å². The third-order valence-corrected chi connectivity index (χ3v) is 4.96. The van der Waals surface area contributed by atoms with Gasteiger partial charge in [0.05, 0.1) is 5.60 Å². The predicted molar refractivity (Wildman–Crippen MR) is 78.9 cm³/mol. The van der Waals surface area contributed by atoms with Crippen LogP contribution in [0.3, 0.4) is 0 Å². The molecule has 3 unspecified atom stereocenters. The number of methoxy groups -OCH3 is 1. The van der Waals surface area contributed by atoms with Crippen molar-refractivity contribution in [3.8, 4) is 0 Å². The fraction of sp³-hybridized carbons (Fsp3) is 1.00. The second kappa shape index (κ2) is 7.49. The minimum atomic E-state index is 0.0450. The highest BCUT2D eigenvalue weighted by Gasteiger charge is 2.30. The SMILES string of the molecule is CCC1CCC(CNC)C(CCC(C)(C)OC)C1. The zero-order valence-corrected chi connectivity index (χ0v) is 13.1. The molecule has 1 fully saturated rings. The third kappa shape index (κ3) is 4.89. The van der Waals surface area contributed by atoms with E-state index in [0.717, 1.165) is 17.8 Å². The van der Waals surface area contributed by atoms with E-state index in [4.69, 9.17) is 4.74 Å². The molecule has 108 valence electrons. The third-order valence-electron chi connectivity index (χ3n) is 4.96. The summed E-state index contributed by atoms with van der Waals surface area (Å²) in [5, 5.41) is 3.38. The number of nitrogens with one attached hydrogen (secondary N) is 1. The van der Waals surface area contributed by atoms with Gasteiger partial charge in [0.25, 0.3) is 0 Å². The quantitative estimate of drug-likeness (QED) is 0.746. The summed E-state index contributed by atoms with van der Waals surface area (Å²) in [6.07, 6.45) is 8.15. The molecule has 0 saturated heterocycles. The van der Waals surface area contributed by atoms with Gasteiger partial charge in [-0.2, -0.15) is 0 Å². The summed E-state index contributed by atoms with van der Waals surface area (Å²) in [6, 6.07) is 0. The van der Waals surface area contributed by atoms with Crippen LogP contribution in [0.2, 0.25) is 0 Å². The molecule has 1 aliphatic carbocycles. The van der Waals surface area contributed by atoms with Gasteiger partial charge >= 0.3 is 0 Å². The molecule has 1 aliphatic rings. The van der Waals surface area contributed by atoms with Crippen LogP contribution in [0, 0.1) is 17.8 Å². The van der Waals surface area contributed by atoms with Gasteiger partial charge in [0.2, 0.25) is 0 Å². The summed E-state index contributed by atoms with van der Waals surface area (Å²) in [6.45, 7) is 7.95. The molecule has 0 amide bonds. The normalized spacial score (nSPS) is 29.5. The van der Waals surface area contributed by atoms with Crippen molar-refractivity contribution in [3.05, 3.63) is 0 Å². The minimum Gasteiger partial charge on any atom is -0.379 e. The first-order valence-corrected chi connectivity index (χ1v) is 7.72. The fourth-order valence-electron chi connectivity index (χ4n) is 3.31. The Morgan fingerprint density at radius 2 is 1.94 bits per heavy atom. The van der Waals surface area contributed by atoms with Gasteiger partial charge in [0, 0.05) is 7.11 Å². The summed E-state index contributed by atoms with van der Waals surface area (Å²) in [4.78, 5) is 0. The standard InChI is InChI=1S/C16H33NO/c1-6-13-7-8-15(12-17-4)14(11-13)9-10-16(2,3)18-5/h13-15,17H,6-12H2,1-5H3. The van der Waals surface area contributed by atoms with Crippen LogP contribution in [0.15, 0.2) is 0 Å². The molecular weight excluding hydrogens is 222 g/mol. The summed E-state index contributed by atoms with van der Waals surface area (Å²) < 4.78 is 5.56. The van der Waals surface area contributed by atoms with Crippen LogP contribution in [-0.4, -0.2) is 26.3 Å². The number of hydrogen-bond donors (Lipinski definition) is 1. The maximum absolute atomic E-state index is 5.56. The van der Waals surface area contributed by atoms with Crippen molar-refractivity contribution in [2.45, 2.75) is 64.9 Å². The van der Waals surface area contributed by atoms with E-state index in [-0.39, 0.29) is 5.60 Å². The zero-order valence-electron chi connectivity index (χ0n) is 13.1. The van der Waals surface area contributed by atoms with Crippen molar-refractivity contribution in [1.82, 2.24) is 5.32 Å². The lowest BCUT2D eigenvalue weighted by Crippen LogP contribution is -2.33. The van der Waals surface area contributed by atoms with Crippen LogP contribution in [0.25, 0.3) is 0 Å².